The zero-order valence-electron chi connectivity index (χ0n) is 13.2. The number of nitrogens with one attached hydrogen (secondary N) is 2. The Labute approximate surface area is 136 Å². The molecular formula is C17H20N2O3S. The van der Waals surface area contributed by atoms with Crippen molar-refractivity contribution >= 4 is 21.6 Å². The zero-order valence-corrected chi connectivity index (χ0v) is 14.0. The molecule has 2 aromatic carbocycles. The number of hydrogen-bond donors (Lipinski definition) is 2. The van der Waals surface area contributed by atoms with Crippen LogP contribution in [0, 0.1) is 0 Å². The molecule has 0 spiro atoms. The van der Waals surface area contributed by atoms with Gasteiger partial charge in [0.1, 0.15) is 0 Å². The second-order valence-electron chi connectivity index (χ2n) is 5.03. The van der Waals surface area contributed by atoms with E-state index in [-0.39, 0.29) is 10.8 Å². The monoisotopic (exact) mass is 332 g/mol. The summed E-state index contributed by atoms with van der Waals surface area (Å²) in [7, 11) is -3.50. The summed E-state index contributed by atoms with van der Waals surface area (Å²) in [5.74, 6) is -0.276. The quantitative estimate of drug-likeness (QED) is 0.854. The van der Waals surface area contributed by atoms with Gasteiger partial charge in [-0.1, -0.05) is 26.0 Å². The van der Waals surface area contributed by atoms with Crippen molar-refractivity contribution in [3.63, 3.8) is 0 Å². The van der Waals surface area contributed by atoms with Gasteiger partial charge in [0.05, 0.1) is 4.90 Å². The van der Waals surface area contributed by atoms with Crippen LogP contribution < -0.4 is 10.0 Å². The van der Waals surface area contributed by atoms with Gasteiger partial charge in [0.15, 0.2) is 0 Å². The number of hydrogen-bond acceptors (Lipinski definition) is 3. The van der Waals surface area contributed by atoms with Crippen molar-refractivity contribution in [3.05, 3.63) is 59.7 Å². The molecule has 0 aliphatic rings. The number of carbonyl (C=O) groups is 1. The molecule has 0 saturated carbocycles. The normalized spacial score (nSPS) is 11.2. The maximum atomic E-state index is 12.2. The summed E-state index contributed by atoms with van der Waals surface area (Å²) >= 11 is 0. The SMILES string of the molecule is CCNS(=O)(=O)c1ccc(C(=O)Nc2ccc(CC)cc2)cc1. The molecule has 0 unspecified atom stereocenters. The number of anilines is 1. The average Bonchev–Trinajstić information content (AvgIpc) is 2.55. The van der Waals surface area contributed by atoms with Crippen molar-refractivity contribution in [3.8, 4) is 0 Å². The van der Waals surface area contributed by atoms with Crippen molar-refractivity contribution in [2.45, 2.75) is 25.2 Å². The van der Waals surface area contributed by atoms with Crippen LogP contribution in [0.1, 0.15) is 29.8 Å². The lowest BCUT2D eigenvalue weighted by molar-refractivity contribution is 0.102. The molecule has 5 nitrogen and oxygen atoms in total. The minimum absolute atomic E-state index is 0.142. The fraction of sp³-hybridized carbons (Fsp3) is 0.235. The lowest BCUT2D eigenvalue weighted by Crippen LogP contribution is -2.23. The maximum absolute atomic E-state index is 12.2. The van der Waals surface area contributed by atoms with Crippen molar-refractivity contribution in [1.82, 2.24) is 4.72 Å². The molecule has 0 aromatic heterocycles. The lowest BCUT2D eigenvalue weighted by Gasteiger charge is -2.08. The first-order chi connectivity index (χ1) is 11.0. The fourth-order valence-corrected chi connectivity index (χ4v) is 3.13. The van der Waals surface area contributed by atoms with Crippen molar-refractivity contribution in [2.24, 2.45) is 0 Å². The van der Waals surface area contributed by atoms with Gasteiger partial charge in [-0.2, -0.15) is 0 Å². The summed E-state index contributed by atoms with van der Waals surface area (Å²) in [6.45, 7) is 4.10. The number of rotatable bonds is 6. The van der Waals surface area contributed by atoms with Crippen LogP contribution in [0.5, 0.6) is 0 Å². The first kappa shape index (κ1) is 17.2. The summed E-state index contributed by atoms with van der Waals surface area (Å²) in [6, 6.07) is 13.5. The average molecular weight is 332 g/mol. The van der Waals surface area contributed by atoms with E-state index in [1.54, 1.807) is 6.92 Å². The minimum atomic E-state index is -3.50. The highest BCUT2D eigenvalue weighted by Gasteiger charge is 2.13. The van der Waals surface area contributed by atoms with Crippen LogP contribution in [-0.4, -0.2) is 20.9 Å². The van der Waals surface area contributed by atoms with Crippen LogP contribution in [0.25, 0.3) is 0 Å². The van der Waals surface area contributed by atoms with Crippen LogP contribution >= 0.6 is 0 Å². The van der Waals surface area contributed by atoms with E-state index in [1.807, 2.05) is 24.3 Å². The van der Waals surface area contributed by atoms with Crippen LogP contribution in [0.4, 0.5) is 5.69 Å². The van der Waals surface area contributed by atoms with Crippen molar-refractivity contribution in [1.29, 1.82) is 0 Å². The zero-order chi connectivity index (χ0) is 16.9. The Kier molecular flexibility index (Phi) is 5.52. The van der Waals surface area contributed by atoms with Gasteiger partial charge < -0.3 is 5.32 Å². The molecular weight excluding hydrogens is 312 g/mol. The van der Waals surface area contributed by atoms with Gasteiger partial charge in [0.2, 0.25) is 10.0 Å². The number of sulfonamides is 1. The van der Waals surface area contributed by atoms with Crippen LogP contribution in [-0.2, 0) is 16.4 Å². The summed E-state index contributed by atoms with van der Waals surface area (Å²) in [4.78, 5) is 12.3. The van der Waals surface area contributed by atoms with Gasteiger partial charge in [0, 0.05) is 17.8 Å². The van der Waals surface area contributed by atoms with Crippen molar-refractivity contribution < 1.29 is 13.2 Å². The van der Waals surface area contributed by atoms with E-state index in [2.05, 4.69) is 17.0 Å². The standard InChI is InChI=1S/C17H20N2O3S/c1-3-13-5-9-15(10-6-13)19-17(20)14-7-11-16(12-8-14)23(21,22)18-4-2/h5-12,18H,3-4H2,1-2H3,(H,19,20). The Bertz CT molecular complexity index is 766. The van der Waals surface area contributed by atoms with Gasteiger partial charge in [-0.25, -0.2) is 13.1 Å². The molecule has 0 aliphatic carbocycles. The number of carbonyl (C=O) groups excluding carboxylic acids is 1. The molecule has 2 rings (SSSR count). The second kappa shape index (κ2) is 7.39. The molecule has 0 atom stereocenters. The molecule has 0 bridgehead atoms. The van der Waals surface area contributed by atoms with E-state index in [1.165, 1.54) is 29.8 Å². The van der Waals surface area contributed by atoms with Gasteiger partial charge in [-0.3, -0.25) is 4.79 Å². The molecule has 6 heteroatoms. The van der Waals surface area contributed by atoms with E-state index in [0.717, 1.165) is 6.42 Å². The fourth-order valence-electron chi connectivity index (χ4n) is 2.09. The Morgan fingerprint density at radius 1 is 0.957 bits per heavy atom. The molecule has 0 saturated heterocycles. The largest absolute Gasteiger partial charge is 0.322 e. The van der Waals surface area contributed by atoms with Crippen LogP contribution in [0.15, 0.2) is 53.4 Å². The van der Waals surface area contributed by atoms with E-state index in [4.69, 9.17) is 0 Å². The Morgan fingerprint density at radius 3 is 2.09 bits per heavy atom. The van der Waals surface area contributed by atoms with Crippen LogP contribution in [0.2, 0.25) is 0 Å². The summed E-state index contributed by atoms with van der Waals surface area (Å²) < 4.78 is 26.1. The molecule has 122 valence electrons. The molecule has 0 heterocycles. The molecule has 1 amide bonds. The predicted octanol–water partition coefficient (Wildman–Crippen LogP) is 2.80. The molecule has 2 N–H and O–H groups in total. The van der Waals surface area contributed by atoms with Gasteiger partial charge >= 0.3 is 0 Å². The summed E-state index contributed by atoms with van der Waals surface area (Å²) in [5, 5.41) is 2.79. The summed E-state index contributed by atoms with van der Waals surface area (Å²) in [6.07, 6.45) is 0.940. The minimum Gasteiger partial charge on any atom is -0.322 e. The Balaban J connectivity index is 2.10. The predicted molar refractivity (Wildman–Crippen MR) is 91.1 cm³/mol. The number of aryl methyl sites for hydroxylation is 1. The van der Waals surface area contributed by atoms with E-state index in [9.17, 15) is 13.2 Å². The third-order valence-electron chi connectivity index (χ3n) is 3.38. The molecule has 0 fully saturated rings. The van der Waals surface area contributed by atoms with E-state index in [0.29, 0.717) is 17.8 Å². The summed E-state index contributed by atoms with van der Waals surface area (Å²) in [5.41, 5.74) is 2.30. The maximum Gasteiger partial charge on any atom is 0.255 e. The molecule has 0 aliphatic heterocycles. The van der Waals surface area contributed by atoms with Gasteiger partial charge in [0.25, 0.3) is 5.91 Å². The lowest BCUT2D eigenvalue weighted by atomic mass is 10.1. The smallest absolute Gasteiger partial charge is 0.255 e. The first-order valence-corrected chi connectivity index (χ1v) is 8.94. The van der Waals surface area contributed by atoms with Crippen molar-refractivity contribution in [2.75, 3.05) is 11.9 Å². The molecule has 2 aromatic rings. The number of benzene rings is 2. The van der Waals surface area contributed by atoms with E-state index < -0.39 is 10.0 Å². The van der Waals surface area contributed by atoms with Crippen LogP contribution in [0.3, 0.4) is 0 Å². The third-order valence-corrected chi connectivity index (χ3v) is 4.94. The number of amides is 1. The second-order valence-corrected chi connectivity index (χ2v) is 6.80. The molecule has 0 radical (unpaired) electrons. The van der Waals surface area contributed by atoms with Gasteiger partial charge in [-0.15, -0.1) is 0 Å². The van der Waals surface area contributed by atoms with Gasteiger partial charge in [-0.05, 0) is 48.4 Å². The van der Waals surface area contributed by atoms with E-state index >= 15 is 0 Å². The Morgan fingerprint density at radius 2 is 1.57 bits per heavy atom. The topological polar surface area (TPSA) is 75.3 Å². The first-order valence-electron chi connectivity index (χ1n) is 7.46. The Hall–Kier alpha value is -2.18. The molecule has 23 heavy (non-hydrogen) atoms. The third kappa shape index (κ3) is 4.40. The highest BCUT2D eigenvalue weighted by atomic mass is 32.2. The highest BCUT2D eigenvalue weighted by molar-refractivity contribution is 7.89. The highest BCUT2D eigenvalue weighted by Crippen LogP contribution is 2.14.